The topological polar surface area (TPSA) is 92.8 Å². The molecule has 7 nitrogen and oxygen atoms in total. The number of fused-ring (bicyclic) bond motifs is 1. The number of oxazole rings is 1. The molecule has 0 spiro atoms. The minimum absolute atomic E-state index is 0.0579. The highest BCUT2D eigenvalue weighted by Gasteiger charge is 2.46. The highest BCUT2D eigenvalue weighted by Crippen LogP contribution is 2.31. The molecular weight excluding hydrogens is 296 g/mol. The lowest BCUT2D eigenvalue weighted by atomic mass is 9.94. The van der Waals surface area contributed by atoms with Gasteiger partial charge < -0.3 is 9.52 Å². The molecule has 1 fully saturated rings. The van der Waals surface area contributed by atoms with Gasteiger partial charge in [0.05, 0.1) is 16.0 Å². The van der Waals surface area contributed by atoms with Gasteiger partial charge in [-0.3, -0.25) is 4.57 Å². The largest absolute Gasteiger partial charge is 0.419 e. The summed E-state index contributed by atoms with van der Waals surface area (Å²) in [5.41, 5.74) is -0.168. The number of nitrogens with zero attached hydrogens (tertiary/aromatic N) is 2. The zero-order valence-corrected chi connectivity index (χ0v) is 12.6. The average Bonchev–Trinajstić information content (AvgIpc) is 2.70. The minimum Gasteiger partial charge on any atom is -0.408 e. The van der Waals surface area contributed by atoms with Gasteiger partial charge >= 0.3 is 5.76 Å². The third-order valence-electron chi connectivity index (χ3n) is 4.00. The maximum atomic E-state index is 12.4. The summed E-state index contributed by atoms with van der Waals surface area (Å²) in [6, 6.07) is 4.32. The van der Waals surface area contributed by atoms with Crippen LogP contribution in [0.3, 0.4) is 0 Å². The van der Waals surface area contributed by atoms with Crippen molar-refractivity contribution in [3.8, 4) is 0 Å². The number of hydrogen-bond donors (Lipinski definition) is 1. The predicted octanol–water partition coefficient (Wildman–Crippen LogP) is 0.277. The van der Waals surface area contributed by atoms with E-state index in [1.54, 1.807) is 13.1 Å². The van der Waals surface area contributed by atoms with E-state index in [1.165, 1.54) is 21.0 Å². The molecule has 1 N–H and O–H groups in total. The third kappa shape index (κ3) is 2.10. The second-order valence-corrected chi connectivity index (χ2v) is 7.35. The lowest BCUT2D eigenvalue weighted by Crippen LogP contribution is -2.62. The van der Waals surface area contributed by atoms with E-state index in [2.05, 4.69) is 0 Å². The first kappa shape index (κ1) is 14.3. The van der Waals surface area contributed by atoms with Gasteiger partial charge in [-0.2, -0.15) is 4.31 Å². The maximum Gasteiger partial charge on any atom is 0.419 e. The molecule has 1 aliphatic rings. The number of aliphatic hydroxyl groups is 1. The molecule has 1 saturated heterocycles. The van der Waals surface area contributed by atoms with Gasteiger partial charge in [-0.1, -0.05) is 6.92 Å². The Morgan fingerprint density at radius 3 is 2.67 bits per heavy atom. The van der Waals surface area contributed by atoms with Crippen LogP contribution in [0.1, 0.15) is 13.3 Å². The molecule has 0 aliphatic carbocycles. The molecule has 1 aliphatic heterocycles. The van der Waals surface area contributed by atoms with Crippen molar-refractivity contribution in [1.82, 2.24) is 8.87 Å². The number of aromatic nitrogens is 1. The average molecular weight is 312 g/mol. The van der Waals surface area contributed by atoms with Gasteiger partial charge in [-0.15, -0.1) is 0 Å². The molecule has 114 valence electrons. The Balaban J connectivity index is 1.99. The summed E-state index contributed by atoms with van der Waals surface area (Å²) in [6.45, 7) is 1.99. The molecule has 2 heterocycles. The van der Waals surface area contributed by atoms with Crippen molar-refractivity contribution in [3.63, 3.8) is 0 Å². The zero-order chi connectivity index (χ0) is 15.4. The summed E-state index contributed by atoms with van der Waals surface area (Å²) in [4.78, 5) is 11.5. The van der Waals surface area contributed by atoms with Crippen molar-refractivity contribution in [3.05, 3.63) is 28.7 Å². The molecule has 0 saturated carbocycles. The van der Waals surface area contributed by atoms with Crippen LogP contribution in [0.2, 0.25) is 0 Å². The Bertz CT molecular complexity index is 858. The summed E-state index contributed by atoms with van der Waals surface area (Å²) >= 11 is 0. The molecule has 1 aromatic carbocycles. The Labute approximate surface area is 121 Å². The number of aryl methyl sites for hydroxylation is 1. The van der Waals surface area contributed by atoms with E-state index in [-0.39, 0.29) is 23.6 Å². The van der Waals surface area contributed by atoms with Crippen LogP contribution in [0, 0.1) is 0 Å². The van der Waals surface area contributed by atoms with Gasteiger partial charge in [0.25, 0.3) is 0 Å². The monoisotopic (exact) mass is 312 g/mol. The predicted molar refractivity (Wildman–Crippen MR) is 75.5 cm³/mol. The fraction of sp³-hybridized carbons (Fsp3) is 0.462. The van der Waals surface area contributed by atoms with Crippen molar-refractivity contribution in [1.29, 1.82) is 0 Å². The summed E-state index contributed by atoms with van der Waals surface area (Å²) < 4.78 is 32.4. The minimum atomic E-state index is -3.68. The van der Waals surface area contributed by atoms with E-state index in [0.717, 1.165) is 0 Å². The van der Waals surface area contributed by atoms with Crippen molar-refractivity contribution in [2.75, 3.05) is 13.1 Å². The molecule has 0 unspecified atom stereocenters. The van der Waals surface area contributed by atoms with Crippen LogP contribution in [0.5, 0.6) is 0 Å². The lowest BCUT2D eigenvalue weighted by molar-refractivity contribution is -0.0613. The van der Waals surface area contributed by atoms with E-state index in [4.69, 9.17) is 4.42 Å². The van der Waals surface area contributed by atoms with Crippen LogP contribution in [-0.2, 0) is 17.1 Å². The van der Waals surface area contributed by atoms with E-state index in [0.29, 0.717) is 11.9 Å². The first-order valence-electron chi connectivity index (χ1n) is 6.59. The SMILES string of the molecule is CCC1(O)CN(S(=O)(=O)c2ccc3c(c2)oc(=O)n3C)C1. The Hall–Kier alpha value is -1.64. The summed E-state index contributed by atoms with van der Waals surface area (Å²) in [5, 5.41) is 9.94. The smallest absolute Gasteiger partial charge is 0.408 e. The van der Waals surface area contributed by atoms with E-state index < -0.39 is 21.4 Å². The second-order valence-electron chi connectivity index (χ2n) is 5.41. The molecule has 0 amide bonds. The van der Waals surface area contributed by atoms with Gasteiger partial charge in [0.15, 0.2) is 5.58 Å². The van der Waals surface area contributed by atoms with Crippen LogP contribution >= 0.6 is 0 Å². The fourth-order valence-corrected chi connectivity index (χ4v) is 4.04. The number of hydrogen-bond acceptors (Lipinski definition) is 5. The fourth-order valence-electron chi connectivity index (χ4n) is 2.43. The first-order chi connectivity index (χ1) is 9.77. The standard InChI is InChI=1S/C13H16N2O5S/c1-3-13(17)7-15(8-13)21(18,19)9-4-5-10-11(6-9)20-12(16)14(10)2/h4-6,17H,3,7-8H2,1-2H3. The molecule has 0 radical (unpaired) electrons. The van der Waals surface area contributed by atoms with E-state index in [9.17, 15) is 18.3 Å². The van der Waals surface area contributed by atoms with Crippen LogP contribution in [0.25, 0.3) is 11.1 Å². The van der Waals surface area contributed by atoms with Crippen molar-refractivity contribution in [2.24, 2.45) is 7.05 Å². The molecule has 1 aromatic heterocycles. The van der Waals surface area contributed by atoms with Crippen molar-refractivity contribution < 1.29 is 17.9 Å². The summed E-state index contributed by atoms with van der Waals surface area (Å²) in [7, 11) is -2.12. The van der Waals surface area contributed by atoms with Gasteiger partial charge in [-0.25, -0.2) is 13.2 Å². The van der Waals surface area contributed by atoms with E-state index in [1.807, 2.05) is 6.92 Å². The Morgan fingerprint density at radius 2 is 2.05 bits per heavy atom. The Kier molecular flexibility index (Phi) is 3.01. The highest BCUT2D eigenvalue weighted by atomic mass is 32.2. The first-order valence-corrected chi connectivity index (χ1v) is 8.03. The summed E-state index contributed by atoms with van der Waals surface area (Å²) in [5.74, 6) is -0.538. The number of sulfonamides is 1. The van der Waals surface area contributed by atoms with Crippen LogP contribution < -0.4 is 5.76 Å². The van der Waals surface area contributed by atoms with Gasteiger partial charge in [-0.05, 0) is 18.6 Å². The molecule has 2 aromatic rings. The van der Waals surface area contributed by atoms with E-state index >= 15 is 0 Å². The molecular formula is C13H16N2O5S. The lowest BCUT2D eigenvalue weighted by Gasteiger charge is -2.44. The molecule has 0 atom stereocenters. The molecule has 8 heteroatoms. The molecule has 3 rings (SSSR count). The summed E-state index contributed by atoms with van der Waals surface area (Å²) in [6.07, 6.45) is 0.506. The van der Waals surface area contributed by atoms with Crippen LogP contribution in [0.4, 0.5) is 0 Å². The normalized spacial score (nSPS) is 18.8. The molecule has 21 heavy (non-hydrogen) atoms. The van der Waals surface area contributed by atoms with Crippen molar-refractivity contribution >= 4 is 21.1 Å². The third-order valence-corrected chi connectivity index (χ3v) is 5.79. The number of benzene rings is 1. The van der Waals surface area contributed by atoms with Gasteiger partial charge in [0.1, 0.15) is 0 Å². The Morgan fingerprint density at radius 1 is 1.38 bits per heavy atom. The number of rotatable bonds is 3. The van der Waals surface area contributed by atoms with Crippen LogP contribution in [-0.4, -0.2) is 41.1 Å². The zero-order valence-electron chi connectivity index (χ0n) is 11.7. The maximum absolute atomic E-state index is 12.4. The van der Waals surface area contributed by atoms with Crippen molar-refractivity contribution in [2.45, 2.75) is 23.8 Å². The van der Waals surface area contributed by atoms with Gasteiger partial charge in [0.2, 0.25) is 10.0 Å². The van der Waals surface area contributed by atoms with Gasteiger partial charge in [0, 0.05) is 26.2 Å². The highest BCUT2D eigenvalue weighted by molar-refractivity contribution is 7.89. The van der Waals surface area contributed by atoms with Crippen LogP contribution in [0.15, 0.2) is 32.3 Å². The number of β-amino-alcohol motifs (C(OH)–C–C–N with tert-alkyl or cyclic N) is 1. The quantitative estimate of drug-likeness (QED) is 0.878. The molecule has 0 bridgehead atoms. The second kappa shape index (κ2) is 4.43.